The summed E-state index contributed by atoms with van der Waals surface area (Å²) in [6, 6.07) is 0. The first-order chi connectivity index (χ1) is 11.2. The highest BCUT2D eigenvalue weighted by molar-refractivity contribution is 4.78. The van der Waals surface area contributed by atoms with Gasteiger partial charge in [0.05, 0.1) is 25.4 Å². The van der Waals surface area contributed by atoms with Crippen LogP contribution in [-0.2, 0) is 4.74 Å². The first-order valence-electron chi connectivity index (χ1n) is 10.1. The summed E-state index contributed by atoms with van der Waals surface area (Å²) in [6.07, 6.45) is 16.6. The second kappa shape index (κ2) is 16.7. The van der Waals surface area contributed by atoms with E-state index in [0.29, 0.717) is 13.2 Å². The Morgan fingerprint density at radius 3 is 1.57 bits per heavy atom. The van der Waals surface area contributed by atoms with Gasteiger partial charge in [-0.15, -0.1) is 0 Å². The first-order valence-corrected chi connectivity index (χ1v) is 10.1. The molecule has 0 aliphatic carbocycles. The van der Waals surface area contributed by atoms with Crippen molar-refractivity contribution in [3.05, 3.63) is 0 Å². The van der Waals surface area contributed by atoms with Gasteiger partial charge < -0.3 is 14.9 Å². The Balaban J connectivity index is 3.93. The van der Waals surface area contributed by atoms with E-state index < -0.39 is 5.60 Å². The van der Waals surface area contributed by atoms with Crippen molar-refractivity contribution in [3.8, 4) is 0 Å². The smallest absolute Gasteiger partial charge is 0.0880 e. The van der Waals surface area contributed by atoms with Crippen LogP contribution in [0.5, 0.6) is 0 Å². The van der Waals surface area contributed by atoms with Crippen molar-refractivity contribution in [3.63, 3.8) is 0 Å². The molecule has 0 saturated heterocycles. The quantitative estimate of drug-likeness (QED) is 0.338. The molecule has 0 aliphatic heterocycles. The number of rotatable bonds is 18. The van der Waals surface area contributed by atoms with Crippen LogP contribution in [0, 0.1) is 0 Å². The number of hydrogen-bond acceptors (Lipinski definition) is 3. The summed E-state index contributed by atoms with van der Waals surface area (Å²) in [5, 5.41) is 19.7. The van der Waals surface area contributed by atoms with Gasteiger partial charge in [0, 0.05) is 0 Å². The molecular formula is C20H42O3. The van der Waals surface area contributed by atoms with Crippen LogP contribution < -0.4 is 0 Å². The molecule has 0 atom stereocenters. The van der Waals surface area contributed by atoms with Crippen LogP contribution >= 0.6 is 0 Å². The van der Waals surface area contributed by atoms with Crippen molar-refractivity contribution in [2.24, 2.45) is 0 Å². The molecule has 140 valence electrons. The van der Waals surface area contributed by atoms with Crippen LogP contribution in [-0.4, -0.2) is 35.6 Å². The van der Waals surface area contributed by atoms with E-state index >= 15 is 0 Å². The second-order valence-corrected chi connectivity index (χ2v) is 7.04. The maximum atomic E-state index is 10.8. The van der Waals surface area contributed by atoms with Crippen LogP contribution in [0.25, 0.3) is 0 Å². The molecule has 23 heavy (non-hydrogen) atoms. The van der Waals surface area contributed by atoms with E-state index in [2.05, 4.69) is 13.8 Å². The van der Waals surface area contributed by atoms with E-state index in [1.807, 2.05) is 0 Å². The zero-order valence-corrected chi connectivity index (χ0v) is 15.8. The molecule has 0 fully saturated rings. The SMILES string of the molecule is CCCCCCCCC(O)(CCCCCCCC)COCCO. The Hall–Kier alpha value is -0.120. The third-order valence-corrected chi connectivity index (χ3v) is 4.60. The molecule has 0 spiro atoms. The Bertz CT molecular complexity index is 215. The van der Waals surface area contributed by atoms with E-state index in [1.165, 1.54) is 64.2 Å². The maximum Gasteiger partial charge on any atom is 0.0880 e. The molecule has 0 unspecified atom stereocenters. The summed E-state index contributed by atoms with van der Waals surface area (Å²) >= 11 is 0. The molecule has 0 aromatic carbocycles. The number of aliphatic hydroxyl groups is 2. The van der Waals surface area contributed by atoms with Crippen molar-refractivity contribution in [1.82, 2.24) is 0 Å². The van der Waals surface area contributed by atoms with Crippen molar-refractivity contribution in [2.75, 3.05) is 19.8 Å². The van der Waals surface area contributed by atoms with Gasteiger partial charge in [-0.3, -0.25) is 0 Å². The molecule has 0 radical (unpaired) electrons. The lowest BCUT2D eigenvalue weighted by Crippen LogP contribution is -2.35. The lowest BCUT2D eigenvalue weighted by Gasteiger charge is -2.28. The van der Waals surface area contributed by atoms with Crippen molar-refractivity contribution < 1.29 is 14.9 Å². The zero-order chi connectivity index (χ0) is 17.2. The van der Waals surface area contributed by atoms with Gasteiger partial charge in [-0.25, -0.2) is 0 Å². The molecule has 0 amide bonds. The first kappa shape index (κ1) is 22.9. The Labute approximate surface area is 144 Å². The lowest BCUT2D eigenvalue weighted by atomic mass is 9.90. The maximum absolute atomic E-state index is 10.8. The number of aliphatic hydroxyl groups excluding tert-OH is 1. The van der Waals surface area contributed by atoms with E-state index in [-0.39, 0.29) is 6.61 Å². The number of unbranched alkanes of at least 4 members (excludes halogenated alkanes) is 10. The Kier molecular flexibility index (Phi) is 16.6. The number of ether oxygens (including phenoxy) is 1. The van der Waals surface area contributed by atoms with Gasteiger partial charge in [-0.1, -0.05) is 90.9 Å². The third kappa shape index (κ3) is 15.2. The Morgan fingerprint density at radius 2 is 1.13 bits per heavy atom. The fraction of sp³-hybridized carbons (Fsp3) is 1.00. The monoisotopic (exact) mass is 330 g/mol. The topological polar surface area (TPSA) is 49.7 Å². The summed E-state index contributed by atoms with van der Waals surface area (Å²) in [4.78, 5) is 0. The highest BCUT2D eigenvalue weighted by Gasteiger charge is 2.26. The van der Waals surface area contributed by atoms with Crippen LogP contribution in [0.1, 0.15) is 104 Å². The summed E-state index contributed by atoms with van der Waals surface area (Å²) < 4.78 is 5.44. The molecule has 0 saturated carbocycles. The fourth-order valence-electron chi connectivity index (χ4n) is 3.06. The van der Waals surface area contributed by atoms with Gasteiger partial charge >= 0.3 is 0 Å². The summed E-state index contributed by atoms with van der Waals surface area (Å²) in [7, 11) is 0. The average Bonchev–Trinajstić information content (AvgIpc) is 2.54. The standard InChI is InChI=1S/C20H42O3/c1-3-5-7-9-11-13-15-20(22,19-23-18-17-21)16-14-12-10-8-6-4-2/h21-22H,3-19H2,1-2H3. The van der Waals surface area contributed by atoms with Crippen molar-refractivity contribution >= 4 is 0 Å². The van der Waals surface area contributed by atoms with Gasteiger partial charge in [-0.2, -0.15) is 0 Å². The summed E-state index contributed by atoms with van der Waals surface area (Å²) in [5.74, 6) is 0. The average molecular weight is 331 g/mol. The van der Waals surface area contributed by atoms with Crippen molar-refractivity contribution in [1.29, 1.82) is 0 Å². The predicted octanol–water partition coefficient (Wildman–Crippen LogP) is 5.23. The molecule has 3 heteroatoms. The fourth-order valence-corrected chi connectivity index (χ4v) is 3.06. The number of hydrogen-bond donors (Lipinski definition) is 2. The molecule has 0 aliphatic rings. The van der Waals surface area contributed by atoms with Crippen LogP contribution in [0.4, 0.5) is 0 Å². The van der Waals surface area contributed by atoms with E-state index in [4.69, 9.17) is 9.84 Å². The van der Waals surface area contributed by atoms with Gasteiger partial charge in [0.15, 0.2) is 0 Å². The molecule has 3 nitrogen and oxygen atoms in total. The summed E-state index contributed by atoms with van der Waals surface area (Å²) in [5.41, 5.74) is -0.690. The summed E-state index contributed by atoms with van der Waals surface area (Å²) in [6.45, 7) is 5.20. The highest BCUT2D eigenvalue weighted by atomic mass is 16.5. The van der Waals surface area contributed by atoms with E-state index in [1.54, 1.807) is 0 Å². The van der Waals surface area contributed by atoms with Crippen molar-refractivity contribution in [2.45, 2.75) is 109 Å². The highest BCUT2D eigenvalue weighted by Crippen LogP contribution is 2.24. The van der Waals surface area contributed by atoms with E-state index in [0.717, 1.165) is 25.7 Å². The Morgan fingerprint density at radius 1 is 0.696 bits per heavy atom. The van der Waals surface area contributed by atoms with Gasteiger partial charge in [0.1, 0.15) is 0 Å². The minimum absolute atomic E-state index is 0.0319. The van der Waals surface area contributed by atoms with Gasteiger partial charge in [0.25, 0.3) is 0 Å². The van der Waals surface area contributed by atoms with Gasteiger partial charge in [0.2, 0.25) is 0 Å². The van der Waals surface area contributed by atoms with E-state index in [9.17, 15) is 5.11 Å². The molecule has 0 bridgehead atoms. The molecule has 0 aromatic heterocycles. The lowest BCUT2D eigenvalue weighted by molar-refractivity contribution is -0.0650. The molecule has 0 aromatic rings. The largest absolute Gasteiger partial charge is 0.394 e. The predicted molar refractivity (Wildman–Crippen MR) is 98.8 cm³/mol. The second-order valence-electron chi connectivity index (χ2n) is 7.04. The van der Waals surface area contributed by atoms with Crippen LogP contribution in [0.2, 0.25) is 0 Å². The molecule has 0 heterocycles. The third-order valence-electron chi connectivity index (χ3n) is 4.60. The van der Waals surface area contributed by atoms with Crippen LogP contribution in [0.3, 0.4) is 0 Å². The minimum atomic E-state index is -0.690. The van der Waals surface area contributed by atoms with Gasteiger partial charge in [-0.05, 0) is 12.8 Å². The molecular weight excluding hydrogens is 288 g/mol. The minimum Gasteiger partial charge on any atom is -0.394 e. The zero-order valence-electron chi connectivity index (χ0n) is 15.8. The molecule has 0 rings (SSSR count). The van der Waals surface area contributed by atoms with Crippen LogP contribution in [0.15, 0.2) is 0 Å². The molecule has 2 N–H and O–H groups in total. The normalized spacial score (nSPS) is 12.0.